The molecular formula is C18H18N4O2. The Morgan fingerprint density at radius 3 is 2.42 bits per heavy atom. The molecule has 0 aliphatic rings. The van der Waals surface area contributed by atoms with Gasteiger partial charge in [0.05, 0.1) is 6.54 Å². The molecule has 0 atom stereocenters. The highest BCUT2D eigenvalue weighted by Crippen LogP contribution is 2.20. The fourth-order valence-electron chi connectivity index (χ4n) is 2.47. The number of hydrogen-bond donors (Lipinski definition) is 2. The maximum atomic E-state index is 12.1. The quantitative estimate of drug-likeness (QED) is 0.752. The van der Waals surface area contributed by atoms with Crippen LogP contribution in [0.3, 0.4) is 0 Å². The van der Waals surface area contributed by atoms with Gasteiger partial charge in [-0.2, -0.15) is 4.98 Å². The molecule has 0 saturated heterocycles. The average Bonchev–Trinajstić information content (AvgIpc) is 3.09. The van der Waals surface area contributed by atoms with Crippen LogP contribution in [0.2, 0.25) is 0 Å². The minimum Gasteiger partial charge on any atom is -0.376 e. The number of anilines is 2. The number of benzene rings is 2. The predicted octanol–water partition coefficient (Wildman–Crippen LogP) is 3.40. The average molecular weight is 322 g/mol. The highest BCUT2D eigenvalue weighted by molar-refractivity contribution is 5.94. The summed E-state index contributed by atoms with van der Waals surface area (Å²) >= 11 is 0. The van der Waals surface area contributed by atoms with Crippen molar-refractivity contribution in [3.63, 3.8) is 0 Å². The lowest BCUT2D eigenvalue weighted by Gasteiger charge is -2.12. The van der Waals surface area contributed by atoms with Crippen molar-refractivity contribution >= 4 is 17.3 Å². The van der Waals surface area contributed by atoms with E-state index in [0.29, 0.717) is 5.82 Å². The topological polar surface area (TPSA) is 80.0 Å². The van der Waals surface area contributed by atoms with E-state index >= 15 is 0 Å². The van der Waals surface area contributed by atoms with Gasteiger partial charge in [-0.15, -0.1) is 0 Å². The largest absolute Gasteiger partial charge is 0.376 e. The number of carbonyl (C=O) groups is 1. The van der Waals surface area contributed by atoms with Crippen molar-refractivity contribution in [2.45, 2.75) is 13.8 Å². The van der Waals surface area contributed by atoms with E-state index < -0.39 is 0 Å². The molecule has 3 rings (SSSR count). The van der Waals surface area contributed by atoms with Crippen LogP contribution < -0.4 is 10.6 Å². The van der Waals surface area contributed by atoms with Crippen LogP contribution >= 0.6 is 0 Å². The van der Waals surface area contributed by atoms with Crippen LogP contribution in [0.5, 0.6) is 0 Å². The molecule has 6 heteroatoms. The van der Waals surface area contributed by atoms with Gasteiger partial charge in [0, 0.05) is 16.9 Å². The van der Waals surface area contributed by atoms with Gasteiger partial charge in [-0.1, -0.05) is 23.4 Å². The van der Waals surface area contributed by atoms with Gasteiger partial charge in [-0.05, 0) is 49.2 Å². The lowest BCUT2D eigenvalue weighted by atomic mass is 10.1. The van der Waals surface area contributed by atoms with E-state index in [1.165, 1.54) is 6.39 Å². The minimum atomic E-state index is -0.107. The molecule has 0 aliphatic heterocycles. The zero-order valence-corrected chi connectivity index (χ0v) is 13.5. The molecule has 122 valence electrons. The van der Waals surface area contributed by atoms with Crippen molar-refractivity contribution in [2.75, 3.05) is 17.2 Å². The molecule has 3 aromatic rings. The summed E-state index contributed by atoms with van der Waals surface area (Å²) in [5.41, 5.74) is 4.78. The highest BCUT2D eigenvalue weighted by atomic mass is 16.5. The van der Waals surface area contributed by atoms with Crippen molar-refractivity contribution in [3.8, 4) is 11.4 Å². The molecule has 0 bridgehead atoms. The third-order valence-electron chi connectivity index (χ3n) is 3.70. The van der Waals surface area contributed by atoms with Gasteiger partial charge in [-0.3, -0.25) is 4.79 Å². The molecule has 0 radical (unpaired) electrons. The predicted molar refractivity (Wildman–Crippen MR) is 92.8 cm³/mol. The summed E-state index contributed by atoms with van der Waals surface area (Å²) in [6, 6.07) is 13.3. The molecule has 0 aliphatic carbocycles. The van der Waals surface area contributed by atoms with Gasteiger partial charge in [0.25, 0.3) is 0 Å². The number of aromatic nitrogens is 2. The van der Waals surface area contributed by atoms with Crippen molar-refractivity contribution in [2.24, 2.45) is 0 Å². The van der Waals surface area contributed by atoms with Crippen LogP contribution in [0.25, 0.3) is 11.4 Å². The molecule has 1 aromatic heterocycles. The Labute approximate surface area is 139 Å². The molecule has 0 unspecified atom stereocenters. The number of nitrogens with one attached hydrogen (secondary N) is 2. The molecule has 0 fully saturated rings. The number of hydrogen-bond acceptors (Lipinski definition) is 5. The van der Waals surface area contributed by atoms with Crippen molar-refractivity contribution in [3.05, 3.63) is 60.0 Å². The van der Waals surface area contributed by atoms with Gasteiger partial charge < -0.3 is 15.2 Å². The van der Waals surface area contributed by atoms with E-state index in [2.05, 4.69) is 20.8 Å². The van der Waals surface area contributed by atoms with E-state index in [-0.39, 0.29) is 12.5 Å². The smallest absolute Gasteiger partial charge is 0.243 e. The van der Waals surface area contributed by atoms with E-state index in [9.17, 15) is 4.79 Å². The molecule has 0 spiro atoms. The second-order valence-corrected chi connectivity index (χ2v) is 5.50. The number of rotatable bonds is 5. The van der Waals surface area contributed by atoms with Crippen molar-refractivity contribution < 1.29 is 9.32 Å². The first-order valence-corrected chi connectivity index (χ1v) is 7.60. The van der Waals surface area contributed by atoms with E-state index in [1.807, 2.05) is 56.3 Å². The normalized spacial score (nSPS) is 10.4. The van der Waals surface area contributed by atoms with Gasteiger partial charge in [-0.25, -0.2) is 0 Å². The molecule has 6 nitrogen and oxygen atoms in total. The van der Waals surface area contributed by atoms with E-state index in [0.717, 1.165) is 28.1 Å². The minimum absolute atomic E-state index is 0.107. The summed E-state index contributed by atoms with van der Waals surface area (Å²) < 4.78 is 4.72. The second kappa shape index (κ2) is 6.95. The molecule has 1 amide bonds. The molecule has 24 heavy (non-hydrogen) atoms. The Hall–Kier alpha value is -3.15. The van der Waals surface area contributed by atoms with Gasteiger partial charge >= 0.3 is 0 Å². The summed E-state index contributed by atoms with van der Waals surface area (Å²) in [6.07, 6.45) is 1.28. The van der Waals surface area contributed by atoms with E-state index in [1.54, 1.807) is 0 Å². The first-order chi connectivity index (χ1) is 11.6. The Morgan fingerprint density at radius 2 is 1.79 bits per heavy atom. The summed E-state index contributed by atoms with van der Waals surface area (Å²) in [4.78, 5) is 16.1. The van der Waals surface area contributed by atoms with E-state index in [4.69, 9.17) is 4.52 Å². The number of para-hydroxylation sites is 1. The zero-order valence-electron chi connectivity index (χ0n) is 13.5. The number of amides is 1. The third kappa shape index (κ3) is 3.60. The molecule has 2 aromatic carbocycles. The fourth-order valence-corrected chi connectivity index (χ4v) is 2.47. The monoisotopic (exact) mass is 322 g/mol. The Balaban J connectivity index is 1.59. The second-order valence-electron chi connectivity index (χ2n) is 5.50. The van der Waals surface area contributed by atoms with Crippen LogP contribution in [-0.4, -0.2) is 22.6 Å². The van der Waals surface area contributed by atoms with Crippen LogP contribution in [0.4, 0.5) is 11.4 Å². The van der Waals surface area contributed by atoms with Crippen LogP contribution in [0, 0.1) is 13.8 Å². The molecule has 1 heterocycles. The fraction of sp³-hybridized carbons (Fsp3) is 0.167. The number of nitrogens with zero attached hydrogens (tertiary/aromatic N) is 2. The summed E-state index contributed by atoms with van der Waals surface area (Å²) in [5.74, 6) is 0.412. The summed E-state index contributed by atoms with van der Waals surface area (Å²) in [5, 5.41) is 9.82. The highest BCUT2D eigenvalue weighted by Gasteiger charge is 2.07. The van der Waals surface area contributed by atoms with Gasteiger partial charge in [0.1, 0.15) is 0 Å². The Morgan fingerprint density at radius 1 is 1.08 bits per heavy atom. The third-order valence-corrected chi connectivity index (χ3v) is 3.70. The summed E-state index contributed by atoms with van der Waals surface area (Å²) in [6.45, 7) is 4.24. The molecule has 0 saturated carbocycles. The Bertz CT molecular complexity index is 806. The van der Waals surface area contributed by atoms with Crippen LogP contribution in [0.1, 0.15) is 11.1 Å². The maximum absolute atomic E-state index is 12.1. The maximum Gasteiger partial charge on any atom is 0.243 e. The lowest BCUT2D eigenvalue weighted by molar-refractivity contribution is -0.114. The number of aryl methyl sites for hydroxylation is 2. The van der Waals surface area contributed by atoms with Crippen molar-refractivity contribution in [1.29, 1.82) is 0 Å². The molecule has 2 N–H and O–H groups in total. The standard InChI is InChI=1S/C18H18N4O2/c1-12-4-3-5-13(2)17(12)19-10-16(23)21-15-8-6-14(7-9-15)18-20-11-24-22-18/h3-9,11,19H,10H2,1-2H3,(H,21,23). The van der Waals surface area contributed by atoms with Gasteiger partial charge in [0.15, 0.2) is 0 Å². The first kappa shape index (κ1) is 15.7. The first-order valence-electron chi connectivity index (χ1n) is 7.60. The zero-order chi connectivity index (χ0) is 16.9. The van der Waals surface area contributed by atoms with Crippen LogP contribution in [-0.2, 0) is 4.79 Å². The summed E-state index contributed by atoms with van der Waals surface area (Å²) in [7, 11) is 0. The number of carbonyl (C=O) groups excluding carboxylic acids is 1. The Kier molecular flexibility index (Phi) is 4.56. The van der Waals surface area contributed by atoms with Crippen LogP contribution in [0.15, 0.2) is 53.4 Å². The lowest BCUT2D eigenvalue weighted by Crippen LogP contribution is -2.22. The SMILES string of the molecule is Cc1cccc(C)c1NCC(=O)Nc1ccc(-c2ncon2)cc1. The van der Waals surface area contributed by atoms with Crippen molar-refractivity contribution in [1.82, 2.24) is 10.1 Å². The van der Waals surface area contributed by atoms with Gasteiger partial charge in [0.2, 0.25) is 18.1 Å². The molecular weight excluding hydrogens is 304 g/mol.